The molecule has 3 rings (SSSR count). The van der Waals surface area contributed by atoms with E-state index in [-0.39, 0.29) is 54.5 Å². The summed E-state index contributed by atoms with van der Waals surface area (Å²) in [5.41, 5.74) is 4.74. The summed E-state index contributed by atoms with van der Waals surface area (Å²) >= 11 is -2.47. The lowest BCUT2D eigenvalue weighted by Crippen LogP contribution is -2.41. The number of benzene rings is 1. The molecule has 1 aromatic carbocycles. The highest BCUT2D eigenvalue weighted by atomic mass is 32.2. The lowest BCUT2D eigenvalue weighted by molar-refractivity contribution is -0.141. The minimum absolute atomic E-state index is 0.00206. The largest absolute Gasteiger partial charge is 0.433 e. The first kappa shape index (κ1) is 27.8. The van der Waals surface area contributed by atoms with Crippen molar-refractivity contribution in [3.05, 3.63) is 53.0 Å². The van der Waals surface area contributed by atoms with E-state index in [0.29, 0.717) is 5.56 Å². The van der Waals surface area contributed by atoms with Crippen molar-refractivity contribution in [1.82, 2.24) is 4.98 Å². The number of aryl methyl sites for hydroxylation is 1. The number of rotatable bonds is 8. The maximum atomic E-state index is 14.6. The van der Waals surface area contributed by atoms with Crippen LogP contribution in [0.2, 0.25) is 0 Å². The highest BCUT2D eigenvalue weighted by molar-refractivity contribution is 7.91. The van der Waals surface area contributed by atoms with Crippen molar-refractivity contribution in [1.29, 1.82) is 0 Å². The summed E-state index contributed by atoms with van der Waals surface area (Å²) < 4.78 is 99.1. The molecule has 15 heteroatoms. The highest BCUT2D eigenvalue weighted by Crippen LogP contribution is 2.33. The Kier molecular flexibility index (Phi) is 8.25. The Morgan fingerprint density at radius 3 is 2.42 bits per heavy atom. The van der Waals surface area contributed by atoms with E-state index in [1.54, 1.807) is 0 Å². The van der Waals surface area contributed by atoms with Gasteiger partial charge in [-0.1, -0.05) is 12.1 Å². The minimum atomic E-state index is -4.71. The zero-order chi connectivity index (χ0) is 26.8. The van der Waals surface area contributed by atoms with Gasteiger partial charge < -0.3 is 10.6 Å². The van der Waals surface area contributed by atoms with Gasteiger partial charge in [0.1, 0.15) is 17.3 Å². The van der Waals surface area contributed by atoms with Gasteiger partial charge in [0.25, 0.3) is 11.3 Å². The monoisotopic (exact) mass is 552 g/mol. The van der Waals surface area contributed by atoms with Crippen LogP contribution in [0.4, 0.5) is 29.1 Å². The molecule has 1 aromatic heterocycles. The van der Waals surface area contributed by atoms with Crippen LogP contribution >= 0.6 is 0 Å². The van der Waals surface area contributed by atoms with E-state index in [0.717, 1.165) is 16.4 Å². The van der Waals surface area contributed by atoms with Gasteiger partial charge in [0.05, 0.1) is 23.1 Å². The number of primary amides is 1. The molecule has 0 radical (unpaired) electrons. The number of pyridine rings is 1. The molecule has 2 heterocycles. The molecule has 9 nitrogen and oxygen atoms in total. The molecule has 1 saturated heterocycles. The third-order valence-electron chi connectivity index (χ3n) is 5.88. The van der Waals surface area contributed by atoms with Crippen LogP contribution in [-0.2, 0) is 38.5 Å². The van der Waals surface area contributed by atoms with Crippen LogP contribution in [0.25, 0.3) is 0 Å². The van der Waals surface area contributed by atoms with E-state index in [1.807, 2.05) is 0 Å². The van der Waals surface area contributed by atoms with Crippen LogP contribution in [0.3, 0.4) is 0 Å². The Morgan fingerprint density at radius 2 is 1.89 bits per heavy atom. The lowest BCUT2D eigenvalue weighted by atomic mass is 9.91. The van der Waals surface area contributed by atoms with Crippen LogP contribution in [0.15, 0.2) is 30.3 Å². The third-order valence-corrected chi connectivity index (χ3v) is 8.16. The third kappa shape index (κ3) is 6.50. The predicted octanol–water partition coefficient (Wildman–Crippen LogP) is 2.25. The molecule has 0 aliphatic carbocycles. The number of hydrogen-bond acceptors (Lipinski definition) is 6. The minimum Gasteiger partial charge on any atom is -0.369 e. The molecule has 1 fully saturated rings. The van der Waals surface area contributed by atoms with E-state index < -0.39 is 50.6 Å². The fraction of sp³-hybridized carbons (Fsp3) is 0.429. The van der Waals surface area contributed by atoms with Crippen molar-refractivity contribution in [3.63, 3.8) is 0 Å². The van der Waals surface area contributed by atoms with Gasteiger partial charge in [-0.15, -0.1) is 0 Å². The Hall–Kier alpha value is -2.78. The predicted molar refractivity (Wildman–Crippen MR) is 126 cm³/mol. The van der Waals surface area contributed by atoms with Crippen LogP contribution in [0.5, 0.6) is 0 Å². The van der Waals surface area contributed by atoms with Gasteiger partial charge >= 0.3 is 6.18 Å². The first-order valence-corrected chi connectivity index (χ1v) is 13.5. The molecule has 2 unspecified atom stereocenters. The number of anilines is 2. The zero-order valence-corrected chi connectivity index (χ0v) is 20.7. The summed E-state index contributed by atoms with van der Waals surface area (Å²) in [5, 5.41) is 0. The highest BCUT2D eigenvalue weighted by Gasteiger charge is 2.34. The molecule has 198 valence electrons. The number of alkyl halides is 3. The number of amides is 1. The van der Waals surface area contributed by atoms with Gasteiger partial charge in [0.15, 0.2) is 9.84 Å². The van der Waals surface area contributed by atoms with Crippen molar-refractivity contribution < 1.29 is 39.5 Å². The van der Waals surface area contributed by atoms with Crippen molar-refractivity contribution in [2.75, 3.05) is 40.8 Å². The maximum Gasteiger partial charge on any atom is 0.433 e. The summed E-state index contributed by atoms with van der Waals surface area (Å²) in [6.45, 7) is -0.0649. The molecule has 0 saturated carbocycles. The van der Waals surface area contributed by atoms with Gasteiger partial charge in [0, 0.05) is 20.1 Å². The molecule has 0 bridgehead atoms. The summed E-state index contributed by atoms with van der Waals surface area (Å²) in [5.74, 6) is -3.17. The maximum absolute atomic E-state index is 14.6. The molecule has 1 aliphatic heterocycles. The zero-order valence-electron chi connectivity index (χ0n) is 19.0. The number of halogens is 4. The second kappa shape index (κ2) is 10.7. The van der Waals surface area contributed by atoms with E-state index in [9.17, 15) is 35.0 Å². The first-order chi connectivity index (χ1) is 16.7. The van der Waals surface area contributed by atoms with Gasteiger partial charge in [-0.05, 0) is 42.2 Å². The molecule has 3 N–H and O–H groups in total. The van der Waals surface area contributed by atoms with Gasteiger partial charge in [-0.3, -0.25) is 13.7 Å². The van der Waals surface area contributed by atoms with E-state index in [1.165, 1.54) is 30.1 Å². The SMILES string of the molecule is CN(c1ccc(C(CCc2ccc(C(F)(F)F)nc2N2CCS(=O)(=O)CC2)C(N)=O)cc1F)S(=O)O. The molecule has 2 atom stereocenters. The lowest BCUT2D eigenvalue weighted by Gasteiger charge is -2.30. The number of carbonyl (C=O) groups excluding carboxylic acids is 1. The number of sulfone groups is 1. The molecule has 0 spiro atoms. The molecular formula is C21H24F4N4O5S2. The fourth-order valence-electron chi connectivity index (χ4n) is 3.88. The Morgan fingerprint density at radius 1 is 1.25 bits per heavy atom. The van der Waals surface area contributed by atoms with Crippen LogP contribution in [0.1, 0.15) is 29.2 Å². The number of nitrogens with two attached hydrogens (primary N) is 1. The number of nitrogens with zero attached hydrogens (tertiary/aromatic N) is 3. The topological polar surface area (TPSA) is 134 Å². The normalized spacial score (nSPS) is 17.4. The van der Waals surface area contributed by atoms with Crippen LogP contribution < -0.4 is 14.9 Å². The summed E-state index contributed by atoms with van der Waals surface area (Å²) in [6.07, 6.45) is -4.67. The van der Waals surface area contributed by atoms with Crippen molar-refractivity contribution in [3.8, 4) is 0 Å². The Labute approximate surface area is 207 Å². The van der Waals surface area contributed by atoms with E-state index >= 15 is 0 Å². The standard InChI is InChI=1S/C21H24F4N4O5S2/c1-28(35(31)32)17-6-3-14(12-16(17)22)15(19(26)30)5-2-13-4-7-18(21(23,24)25)27-20(13)29-8-10-36(33,34)11-9-29/h3-4,6-7,12,15H,2,5,8-11H2,1H3,(H2,26,30)(H,31,32). The average Bonchev–Trinajstić information content (AvgIpc) is 2.78. The van der Waals surface area contributed by atoms with E-state index in [2.05, 4.69) is 4.98 Å². The van der Waals surface area contributed by atoms with Crippen LogP contribution in [0, 0.1) is 5.82 Å². The summed E-state index contributed by atoms with van der Waals surface area (Å²) in [7, 11) is -2.09. The van der Waals surface area contributed by atoms with E-state index in [4.69, 9.17) is 10.3 Å². The second-order valence-electron chi connectivity index (χ2n) is 8.25. The number of carbonyl (C=O) groups is 1. The summed E-state index contributed by atoms with van der Waals surface area (Å²) in [6, 6.07) is 5.63. The van der Waals surface area contributed by atoms with Gasteiger partial charge in [0.2, 0.25) is 5.91 Å². The summed E-state index contributed by atoms with van der Waals surface area (Å²) in [4.78, 5) is 17.4. The average molecular weight is 553 g/mol. The quantitative estimate of drug-likeness (QED) is 0.379. The Bertz CT molecular complexity index is 1260. The van der Waals surface area contributed by atoms with Crippen LogP contribution in [-0.4, -0.2) is 59.7 Å². The van der Waals surface area contributed by atoms with Gasteiger partial charge in [-0.2, -0.15) is 13.2 Å². The van der Waals surface area contributed by atoms with Crippen molar-refractivity contribution in [2.45, 2.75) is 24.9 Å². The fourth-order valence-corrected chi connectivity index (χ4v) is 5.40. The first-order valence-electron chi connectivity index (χ1n) is 10.7. The molecule has 2 aromatic rings. The number of aromatic nitrogens is 1. The van der Waals surface area contributed by atoms with Gasteiger partial charge in [-0.25, -0.2) is 22.0 Å². The molecule has 1 amide bonds. The number of hydrogen-bond donors (Lipinski definition) is 2. The molecule has 36 heavy (non-hydrogen) atoms. The Balaban J connectivity index is 1.89. The molecule has 1 aliphatic rings. The second-order valence-corrected chi connectivity index (χ2v) is 11.6. The molecular weight excluding hydrogens is 528 g/mol. The van der Waals surface area contributed by atoms with Crippen molar-refractivity contribution >= 4 is 38.5 Å². The smallest absolute Gasteiger partial charge is 0.369 e. The van der Waals surface area contributed by atoms with Crippen molar-refractivity contribution in [2.24, 2.45) is 5.73 Å².